The van der Waals surface area contributed by atoms with Crippen LogP contribution in [0.2, 0.25) is 0 Å². The Bertz CT molecular complexity index is 727. The average Bonchev–Trinajstić information content (AvgIpc) is 3.17. The minimum Gasteiger partial charge on any atom is -0.341 e. The van der Waals surface area contributed by atoms with E-state index in [9.17, 15) is 14.4 Å². The van der Waals surface area contributed by atoms with Gasteiger partial charge in [-0.25, -0.2) is 4.79 Å². The van der Waals surface area contributed by atoms with Crippen molar-refractivity contribution in [3.63, 3.8) is 0 Å². The van der Waals surface area contributed by atoms with E-state index in [2.05, 4.69) is 41.5 Å². The molecule has 1 aromatic rings. The number of likely N-dealkylation sites (tertiary alicyclic amines) is 2. The fourth-order valence-corrected chi connectivity index (χ4v) is 4.76. The van der Waals surface area contributed by atoms with Crippen molar-refractivity contribution in [2.24, 2.45) is 0 Å². The SMILES string of the molecule is CN1C[C@H](c2ccccc2)CC12CCN(C(=O)CN1C(=O)CNC1=O)CC2. The summed E-state index contributed by atoms with van der Waals surface area (Å²) in [5.74, 6) is 0.0583. The average molecular weight is 370 g/mol. The lowest BCUT2D eigenvalue weighted by Gasteiger charge is -2.43. The summed E-state index contributed by atoms with van der Waals surface area (Å²) >= 11 is 0. The van der Waals surface area contributed by atoms with Crippen LogP contribution >= 0.6 is 0 Å². The van der Waals surface area contributed by atoms with Gasteiger partial charge in [-0.15, -0.1) is 0 Å². The van der Waals surface area contributed by atoms with Crippen LogP contribution in [0.25, 0.3) is 0 Å². The van der Waals surface area contributed by atoms with Crippen LogP contribution < -0.4 is 5.32 Å². The topological polar surface area (TPSA) is 73.0 Å². The molecule has 0 aromatic heterocycles. The van der Waals surface area contributed by atoms with Gasteiger partial charge in [-0.3, -0.25) is 19.4 Å². The van der Waals surface area contributed by atoms with Gasteiger partial charge in [0.1, 0.15) is 6.54 Å². The van der Waals surface area contributed by atoms with E-state index >= 15 is 0 Å². The Morgan fingerprint density at radius 2 is 1.89 bits per heavy atom. The van der Waals surface area contributed by atoms with E-state index in [1.54, 1.807) is 4.90 Å². The van der Waals surface area contributed by atoms with Crippen molar-refractivity contribution in [1.82, 2.24) is 20.0 Å². The van der Waals surface area contributed by atoms with Crippen molar-refractivity contribution in [2.45, 2.75) is 30.7 Å². The predicted octanol–water partition coefficient (Wildman–Crippen LogP) is 1.02. The van der Waals surface area contributed by atoms with Gasteiger partial charge in [-0.05, 0) is 37.8 Å². The molecular weight excluding hydrogens is 344 g/mol. The van der Waals surface area contributed by atoms with Crippen LogP contribution in [0, 0.1) is 0 Å². The summed E-state index contributed by atoms with van der Waals surface area (Å²) in [5, 5.41) is 2.45. The van der Waals surface area contributed by atoms with Crippen LogP contribution in [-0.4, -0.2) is 77.9 Å². The van der Waals surface area contributed by atoms with E-state index in [4.69, 9.17) is 0 Å². The highest BCUT2D eigenvalue weighted by molar-refractivity contribution is 6.04. The number of nitrogens with zero attached hydrogens (tertiary/aromatic N) is 3. The van der Waals surface area contributed by atoms with Crippen molar-refractivity contribution in [3.05, 3.63) is 35.9 Å². The van der Waals surface area contributed by atoms with Crippen molar-refractivity contribution < 1.29 is 14.4 Å². The number of imide groups is 1. The number of carbonyl (C=O) groups excluding carboxylic acids is 3. The molecule has 3 saturated heterocycles. The fourth-order valence-electron chi connectivity index (χ4n) is 4.76. The zero-order valence-electron chi connectivity index (χ0n) is 15.7. The molecule has 0 aliphatic carbocycles. The number of rotatable bonds is 3. The molecule has 4 rings (SSSR count). The molecule has 3 aliphatic heterocycles. The van der Waals surface area contributed by atoms with Gasteiger partial charge in [0.25, 0.3) is 5.91 Å². The fraction of sp³-hybridized carbons (Fsp3) is 0.550. The minimum atomic E-state index is -0.469. The summed E-state index contributed by atoms with van der Waals surface area (Å²) < 4.78 is 0. The summed E-state index contributed by atoms with van der Waals surface area (Å²) in [7, 11) is 2.19. The summed E-state index contributed by atoms with van der Waals surface area (Å²) in [6.07, 6.45) is 2.97. The monoisotopic (exact) mass is 370 g/mol. The van der Waals surface area contributed by atoms with Crippen molar-refractivity contribution in [1.29, 1.82) is 0 Å². The largest absolute Gasteiger partial charge is 0.341 e. The van der Waals surface area contributed by atoms with Gasteiger partial charge >= 0.3 is 6.03 Å². The molecule has 144 valence electrons. The number of piperidine rings is 1. The van der Waals surface area contributed by atoms with E-state index in [1.807, 2.05) is 6.07 Å². The van der Waals surface area contributed by atoms with Crippen LogP contribution in [0.4, 0.5) is 4.79 Å². The summed E-state index contributed by atoms with van der Waals surface area (Å²) in [6, 6.07) is 10.2. The molecule has 0 radical (unpaired) electrons. The highest BCUT2D eigenvalue weighted by Gasteiger charge is 2.46. The van der Waals surface area contributed by atoms with Gasteiger partial charge in [0, 0.05) is 25.2 Å². The highest BCUT2D eigenvalue weighted by Crippen LogP contribution is 2.43. The molecule has 0 bridgehead atoms. The molecule has 0 saturated carbocycles. The molecule has 0 unspecified atom stereocenters. The van der Waals surface area contributed by atoms with Crippen LogP contribution in [0.1, 0.15) is 30.7 Å². The standard InChI is InChI=1S/C20H26N4O3/c1-22-13-16(15-5-3-2-4-6-15)11-20(22)7-9-23(10-8-20)18(26)14-24-17(25)12-21-19(24)27/h2-6,16H,7-14H2,1H3,(H,21,27)/t16-/m1/s1. The number of carbonyl (C=O) groups is 3. The number of likely N-dealkylation sites (N-methyl/N-ethyl adjacent to an activating group) is 1. The van der Waals surface area contributed by atoms with Gasteiger partial charge in [0.05, 0.1) is 6.54 Å². The van der Waals surface area contributed by atoms with Crippen molar-refractivity contribution >= 4 is 17.8 Å². The smallest absolute Gasteiger partial charge is 0.325 e. The zero-order chi connectivity index (χ0) is 19.0. The Morgan fingerprint density at radius 1 is 1.19 bits per heavy atom. The second-order valence-corrected chi connectivity index (χ2v) is 7.94. The Hall–Kier alpha value is -2.41. The maximum Gasteiger partial charge on any atom is 0.325 e. The molecule has 1 atom stereocenters. The van der Waals surface area contributed by atoms with Crippen molar-refractivity contribution in [2.75, 3.05) is 39.8 Å². The normalized spacial score (nSPS) is 25.3. The molecule has 4 amide bonds. The third-order valence-corrected chi connectivity index (χ3v) is 6.48. The van der Waals surface area contributed by atoms with E-state index in [1.165, 1.54) is 5.56 Å². The molecule has 1 N–H and O–H groups in total. The molecule has 1 spiro atoms. The minimum absolute atomic E-state index is 0.0130. The Balaban J connectivity index is 1.36. The second-order valence-electron chi connectivity index (χ2n) is 7.94. The number of hydrogen-bond acceptors (Lipinski definition) is 4. The maximum atomic E-state index is 12.6. The molecule has 3 heterocycles. The van der Waals surface area contributed by atoms with Crippen LogP contribution in [0.5, 0.6) is 0 Å². The van der Waals surface area contributed by atoms with E-state index < -0.39 is 6.03 Å². The van der Waals surface area contributed by atoms with E-state index in [0.29, 0.717) is 19.0 Å². The molecule has 27 heavy (non-hydrogen) atoms. The number of benzene rings is 1. The quantitative estimate of drug-likeness (QED) is 0.807. The maximum absolute atomic E-state index is 12.6. The summed E-state index contributed by atoms with van der Waals surface area (Å²) in [4.78, 5) is 41.2. The van der Waals surface area contributed by atoms with Crippen molar-refractivity contribution in [3.8, 4) is 0 Å². The third-order valence-electron chi connectivity index (χ3n) is 6.48. The van der Waals surface area contributed by atoms with Gasteiger partial charge < -0.3 is 10.2 Å². The van der Waals surface area contributed by atoms with Crippen LogP contribution in [0.15, 0.2) is 30.3 Å². The molecule has 1 aromatic carbocycles. The Morgan fingerprint density at radius 3 is 2.52 bits per heavy atom. The molecular formula is C20H26N4O3. The number of amides is 4. The number of urea groups is 1. The Kier molecular flexibility index (Phi) is 4.63. The zero-order valence-corrected chi connectivity index (χ0v) is 15.7. The number of nitrogens with one attached hydrogen (secondary N) is 1. The summed E-state index contributed by atoms with van der Waals surface area (Å²) in [5.41, 5.74) is 1.52. The molecule has 3 fully saturated rings. The lowest BCUT2D eigenvalue weighted by molar-refractivity contribution is -0.138. The lowest BCUT2D eigenvalue weighted by atomic mass is 9.81. The first kappa shape index (κ1) is 18.0. The molecule has 7 nitrogen and oxygen atoms in total. The number of hydrogen-bond donors (Lipinski definition) is 1. The third kappa shape index (κ3) is 3.32. The lowest BCUT2D eigenvalue weighted by Crippen LogP contribution is -2.53. The Labute approximate surface area is 159 Å². The first-order valence-electron chi connectivity index (χ1n) is 9.61. The predicted molar refractivity (Wildman–Crippen MR) is 100 cm³/mol. The van der Waals surface area contributed by atoms with Crippen LogP contribution in [-0.2, 0) is 9.59 Å². The van der Waals surface area contributed by atoms with Crippen LogP contribution in [0.3, 0.4) is 0 Å². The first-order valence-corrected chi connectivity index (χ1v) is 9.61. The second kappa shape index (κ2) is 6.96. The van der Waals surface area contributed by atoms with E-state index in [0.717, 1.165) is 30.7 Å². The van der Waals surface area contributed by atoms with Gasteiger partial charge in [-0.1, -0.05) is 30.3 Å². The molecule has 7 heteroatoms. The molecule has 3 aliphatic rings. The van der Waals surface area contributed by atoms with Gasteiger partial charge in [0.15, 0.2) is 0 Å². The van der Waals surface area contributed by atoms with Gasteiger partial charge in [0.2, 0.25) is 5.91 Å². The van der Waals surface area contributed by atoms with Gasteiger partial charge in [-0.2, -0.15) is 0 Å². The summed E-state index contributed by atoms with van der Waals surface area (Å²) in [6.45, 7) is 2.23. The first-order chi connectivity index (χ1) is 13.0. The highest BCUT2D eigenvalue weighted by atomic mass is 16.2. The van der Waals surface area contributed by atoms with E-state index in [-0.39, 0.29) is 30.4 Å².